The fraction of sp³-hybridized carbons (Fsp3) is 0.824. The summed E-state index contributed by atoms with van der Waals surface area (Å²) in [5.41, 5.74) is 0. The van der Waals surface area contributed by atoms with Gasteiger partial charge in [-0.2, -0.15) is 4.98 Å². The molecule has 4 rings (SSSR count). The van der Waals surface area contributed by atoms with Gasteiger partial charge in [0.05, 0.1) is 6.61 Å². The molecule has 0 aromatic carbocycles. The van der Waals surface area contributed by atoms with E-state index in [1.807, 2.05) is 0 Å². The van der Waals surface area contributed by atoms with Crippen molar-refractivity contribution in [1.82, 2.24) is 15.0 Å². The van der Waals surface area contributed by atoms with Gasteiger partial charge in [0.25, 0.3) is 0 Å². The zero-order chi connectivity index (χ0) is 15.6. The Labute approximate surface area is 136 Å². The van der Waals surface area contributed by atoms with E-state index in [0.29, 0.717) is 18.4 Å². The average Bonchev–Trinajstić information content (AvgIpc) is 3.36. The van der Waals surface area contributed by atoms with Crippen LogP contribution < -0.4 is 0 Å². The summed E-state index contributed by atoms with van der Waals surface area (Å²) in [6.07, 6.45) is 7.42. The lowest BCUT2D eigenvalue weighted by Gasteiger charge is -2.32. The first kappa shape index (κ1) is 15.1. The Morgan fingerprint density at radius 3 is 2.52 bits per heavy atom. The van der Waals surface area contributed by atoms with Crippen LogP contribution in [0.5, 0.6) is 0 Å². The lowest BCUT2D eigenvalue weighted by Crippen LogP contribution is -2.40. The van der Waals surface area contributed by atoms with Crippen molar-refractivity contribution in [2.24, 2.45) is 5.92 Å². The molecule has 0 N–H and O–H groups in total. The van der Waals surface area contributed by atoms with E-state index in [1.54, 1.807) is 0 Å². The highest BCUT2D eigenvalue weighted by molar-refractivity contribution is 5.79. The van der Waals surface area contributed by atoms with Crippen molar-refractivity contribution in [1.29, 1.82) is 0 Å². The number of rotatable bonds is 3. The molecule has 3 fully saturated rings. The van der Waals surface area contributed by atoms with Crippen LogP contribution in [-0.2, 0) is 9.53 Å². The van der Waals surface area contributed by atoms with Crippen LogP contribution in [0.15, 0.2) is 4.52 Å². The second-order valence-corrected chi connectivity index (χ2v) is 7.13. The predicted octanol–water partition coefficient (Wildman–Crippen LogP) is 2.47. The quantitative estimate of drug-likeness (QED) is 0.856. The molecule has 6 heteroatoms. The van der Waals surface area contributed by atoms with Crippen LogP contribution in [0.1, 0.15) is 68.5 Å². The average molecular weight is 319 g/mol. The topological polar surface area (TPSA) is 68.5 Å². The molecule has 126 valence electrons. The molecule has 1 amide bonds. The fourth-order valence-electron chi connectivity index (χ4n) is 4.09. The summed E-state index contributed by atoms with van der Waals surface area (Å²) in [6, 6.07) is 0. The molecule has 1 aromatic heterocycles. The number of amides is 1. The number of hydrogen-bond acceptors (Lipinski definition) is 5. The van der Waals surface area contributed by atoms with Crippen molar-refractivity contribution in [3.8, 4) is 0 Å². The van der Waals surface area contributed by atoms with Crippen molar-refractivity contribution in [2.45, 2.75) is 56.8 Å². The Bertz CT molecular complexity index is 539. The first-order chi connectivity index (χ1) is 11.3. The molecule has 0 bridgehead atoms. The second kappa shape index (κ2) is 6.59. The molecule has 23 heavy (non-hydrogen) atoms. The van der Waals surface area contributed by atoms with Crippen LogP contribution in [0.3, 0.4) is 0 Å². The molecular formula is C17H25N3O3. The minimum absolute atomic E-state index is 0.281. The standard InChI is InChI=1S/C17H25N3O3/c21-17(13-3-1-2-4-13)20-8-5-12(6-9-20)16-18-15(19-23-16)14-7-10-22-11-14/h12-14H,1-11H2. The lowest BCUT2D eigenvalue weighted by atomic mass is 9.95. The van der Waals surface area contributed by atoms with Gasteiger partial charge in [0, 0.05) is 37.5 Å². The maximum Gasteiger partial charge on any atom is 0.229 e. The third kappa shape index (κ3) is 3.13. The summed E-state index contributed by atoms with van der Waals surface area (Å²) in [5, 5.41) is 4.14. The van der Waals surface area contributed by atoms with E-state index in [9.17, 15) is 4.79 Å². The van der Waals surface area contributed by atoms with Crippen LogP contribution in [0.2, 0.25) is 0 Å². The Hall–Kier alpha value is -1.43. The fourth-order valence-corrected chi connectivity index (χ4v) is 4.09. The Morgan fingerprint density at radius 1 is 1.04 bits per heavy atom. The van der Waals surface area contributed by atoms with Crippen LogP contribution >= 0.6 is 0 Å². The maximum atomic E-state index is 12.5. The molecule has 0 radical (unpaired) electrons. The number of carbonyl (C=O) groups is 1. The monoisotopic (exact) mass is 319 g/mol. The Balaban J connectivity index is 1.33. The van der Waals surface area contributed by atoms with E-state index >= 15 is 0 Å². The van der Waals surface area contributed by atoms with Gasteiger partial charge in [0.2, 0.25) is 11.8 Å². The molecular weight excluding hydrogens is 294 g/mol. The van der Waals surface area contributed by atoms with E-state index in [1.165, 1.54) is 12.8 Å². The Morgan fingerprint density at radius 2 is 1.83 bits per heavy atom. The highest BCUT2D eigenvalue weighted by atomic mass is 16.5. The normalized spacial score (nSPS) is 27.0. The van der Waals surface area contributed by atoms with Crippen LogP contribution in [0, 0.1) is 5.92 Å². The highest BCUT2D eigenvalue weighted by Gasteiger charge is 2.32. The molecule has 3 aliphatic rings. The Kier molecular flexibility index (Phi) is 4.33. The smallest absolute Gasteiger partial charge is 0.229 e. The molecule has 6 nitrogen and oxygen atoms in total. The molecule has 1 unspecified atom stereocenters. The minimum atomic E-state index is 0.281. The molecule has 0 spiro atoms. The van der Waals surface area contributed by atoms with Gasteiger partial charge in [-0.05, 0) is 32.1 Å². The first-order valence-electron chi connectivity index (χ1n) is 9.01. The van der Waals surface area contributed by atoms with E-state index in [0.717, 1.165) is 63.5 Å². The summed E-state index contributed by atoms with van der Waals surface area (Å²) < 4.78 is 10.9. The van der Waals surface area contributed by atoms with Gasteiger partial charge in [-0.15, -0.1) is 0 Å². The van der Waals surface area contributed by atoms with Crippen molar-refractivity contribution >= 4 is 5.91 Å². The predicted molar refractivity (Wildman–Crippen MR) is 83.0 cm³/mol. The maximum absolute atomic E-state index is 12.5. The van der Waals surface area contributed by atoms with Gasteiger partial charge >= 0.3 is 0 Å². The summed E-state index contributed by atoms with van der Waals surface area (Å²) in [4.78, 5) is 19.1. The summed E-state index contributed by atoms with van der Waals surface area (Å²) in [5.74, 6) is 2.78. The highest BCUT2D eigenvalue weighted by Crippen LogP contribution is 2.32. The number of aromatic nitrogens is 2. The number of ether oxygens (including phenoxy) is 1. The van der Waals surface area contributed by atoms with Gasteiger partial charge in [0.15, 0.2) is 5.82 Å². The molecule has 2 saturated heterocycles. The summed E-state index contributed by atoms with van der Waals surface area (Å²) >= 11 is 0. The van der Waals surface area contributed by atoms with Gasteiger partial charge < -0.3 is 14.2 Å². The second-order valence-electron chi connectivity index (χ2n) is 7.13. The number of likely N-dealkylation sites (tertiary alicyclic amines) is 1. The van der Waals surface area contributed by atoms with E-state index in [4.69, 9.17) is 9.26 Å². The van der Waals surface area contributed by atoms with Crippen LogP contribution in [-0.4, -0.2) is 47.3 Å². The third-order valence-corrected chi connectivity index (χ3v) is 5.61. The van der Waals surface area contributed by atoms with Crippen molar-refractivity contribution in [2.75, 3.05) is 26.3 Å². The van der Waals surface area contributed by atoms with Crippen molar-refractivity contribution in [3.63, 3.8) is 0 Å². The molecule has 1 saturated carbocycles. The zero-order valence-corrected chi connectivity index (χ0v) is 13.6. The SMILES string of the molecule is O=C(C1CCCC1)N1CCC(c2nc(C3CCOC3)no2)CC1. The van der Waals surface area contributed by atoms with Crippen molar-refractivity contribution < 1.29 is 14.1 Å². The number of piperidine rings is 1. The van der Waals surface area contributed by atoms with E-state index < -0.39 is 0 Å². The number of nitrogens with zero attached hydrogens (tertiary/aromatic N) is 3. The van der Waals surface area contributed by atoms with E-state index in [2.05, 4.69) is 15.0 Å². The lowest BCUT2D eigenvalue weighted by molar-refractivity contribution is -0.136. The van der Waals surface area contributed by atoms with E-state index in [-0.39, 0.29) is 11.8 Å². The molecule has 1 aromatic rings. The zero-order valence-electron chi connectivity index (χ0n) is 13.6. The van der Waals surface area contributed by atoms with Gasteiger partial charge in [-0.1, -0.05) is 18.0 Å². The number of carbonyl (C=O) groups excluding carboxylic acids is 1. The van der Waals surface area contributed by atoms with Gasteiger partial charge in [-0.3, -0.25) is 4.79 Å². The van der Waals surface area contributed by atoms with Gasteiger partial charge in [0.1, 0.15) is 0 Å². The molecule has 3 heterocycles. The molecule has 1 atom stereocenters. The van der Waals surface area contributed by atoms with Gasteiger partial charge in [-0.25, -0.2) is 0 Å². The first-order valence-corrected chi connectivity index (χ1v) is 9.01. The molecule has 1 aliphatic carbocycles. The molecule has 2 aliphatic heterocycles. The van der Waals surface area contributed by atoms with Crippen molar-refractivity contribution in [3.05, 3.63) is 11.7 Å². The van der Waals surface area contributed by atoms with Crippen LogP contribution in [0.25, 0.3) is 0 Å². The largest absolute Gasteiger partial charge is 0.381 e. The minimum Gasteiger partial charge on any atom is -0.381 e. The number of hydrogen-bond donors (Lipinski definition) is 0. The summed E-state index contributed by atoms with van der Waals surface area (Å²) in [7, 11) is 0. The summed E-state index contributed by atoms with van der Waals surface area (Å²) in [6.45, 7) is 3.14. The van der Waals surface area contributed by atoms with Crippen LogP contribution in [0.4, 0.5) is 0 Å². The third-order valence-electron chi connectivity index (χ3n) is 5.61.